The maximum atomic E-state index is 13.4. The number of halogens is 2. The number of benzene rings is 1. The van der Waals surface area contributed by atoms with Crippen molar-refractivity contribution in [2.24, 2.45) is 0 Å². The third-order valence-electron chi connectivity index (χ3n) is 2.85. The van der Waals surface area contributed by atoms with Gasteiger partial charge in [-0.25, -0.2) is 8.78 Å². The minimum atomic E-state index is -1.01. The van der Waals surface area contributed by atoms with E-state index in [0.29, 0.717) is 13.0 Å². The zero-order valence-electron chi connectivity index (χ0n) is 8.83. The topological polar surface area (TPSA) is 29.5 Å². The van der Waals surface area contributed by atoms with E-state index in [0.717, 1.165) is 25.0 Å². The Hall–Kier alpha value is -1.00. The predicted octanol–water partition coefficient (Wildman–Crippen LogP) is 2.57. The third kappa shape index (κ3) is 2.39. The summed E-state index contributed by atoms with van der Waals surface area (Å²) in [5, 5.41) is 9.93. The summed E-state index contributed by atoms with van der Waals surface area (Å²) in [4.78, 5) is 0. The van der Waals surface area contributed by atoms with Gasteiger partial charge < -0.3 is 9.84 Å². The molecule has 0 amide bonds. The molecule has 2 rings (SSSR count). The molecular weight excluding hydrogens is 214 g/mol. The van der Waals surface area contributed by atoms with Gasteiger partial charge in [0.1, 0.15) is 17.7 Å². The van der Waals surface area contributed by atoms with Crippen LogP contribution in [0.25, 0.3) is 0 Å². The Morgan fingerprint density at radius 2 is 2.12 bits per heavy atom. The molecule has 4 heteroatoms. The van der Waals surface area contributed by atoms with Crippen molar-refractivity contribution in [3.63, 3.8) is 0 Å². The highest BCUT2D eigenvalue weighted by atomic mass is 19.1. The first-order valence-corrected chi connectivity index (χ1v) is 5.43. The Bertz CT molecular complexity index is 362. The lowest BCUT2D eigenvalue weighted by molar-refractivity contribution is -0.0644. The fraction of sp³-hybridized carbons (Fsp3) is 0.500. The van der Waals surface area contributed by atoms with Crippen molar-refractivity contribution in [2.75, 3.05) is 6.61 Å². The average molecular weight is 228 g/mol. The molecule has 88 valence electrons. The molecule has 1 fully saturated rings. The molecule has 1 aromatic carbocycles. The summed E-state index contributed by atoms with van der Waals surface area (Å²) in [6, 6.07) is 3.19. The van der Waals surface area contributed by atoms with Crippen LogP contribution in [0.15, 0.2) is 18.2 Å². The number of ether oxygens (including phenoxy) is 1. The zero-order valence-corrected chi connectivity index (χ0v) is 8.83. The monoisotopic (exact) mass is 228 g/mol. The predicted molar refractivity (Wildman–Crippen MR) is 54.9 cm³/mol. The van der Waals surface area contributed by atoms with E-state index in [2.05, 4.69) is 0 Å². The largest absolute Gasteiger partial charge is 0.386 e. The van der Waals surface area contributed by atoms with E-state index in [-0.39, 0.29) is 11.7 Å². The second-order valence-electron chi connectivity index (χ2n) is 4.02. The van der Waals surface area contributed by atoms with Crippen LogP contribution in [0.4, 0.5) is 8.78 Å². The van der Waals surface area contributed by atoms with E-state index in [1.54, 1.807) is 0 Å². The van der Waals surface area contributed by atoms with Gasteiger partial charge in [0.2, 0.25) is 0 Å². The molecule has 1 saturated heterocycles. The normalized spacial score (nSPS) is 23.1. The number of hydrogen-bond acceptors (Lipinski definition) is 2. The molecule has 16 heavy (non-hydrogen) atoms. The van der Waals surface area contributed by atoms with Gasteiger partial charge in [-0.15, -0.1) is 0 Å². The van der Waals surface area contributed by atoms with Crippen LogP contribution < -0.4 is 0 Å². The van der Waals surface area contributed by atoms with Crippen LogP contribution >= 0.6 is 0 Å². The molecule has 0 bridgehead atoms. The highest BCUT2D eigenvalue weighted by Gasteiger charge is 2.26. The van der Waals surface area contributed by atoms with Crippen LogP contribution in [0.5, 0.6) is 0 Å². The first-order chi connectivity index (χ1) is 7.68. The fourth-order valence-corrected chi connectivity index (χ4v) is 1.96. The van der Waals surface area contributed by atoms with Gasteiger partial charge in [-0.3, -0.25) is 0 Å². The number of rotatable bonds is 2. The van der Waals surface area contributed by atoms with Gasteiger partial charge >= 0.3 is 0 Å². The van der Waals surface area contributed by atoms with E-state index < -0.39 is 17.7 Å². The summed E-state index contributed by atoms with van der Waals surface area (Å²) in [7, 11) is 0. The van der Waals surface area contributed by atoms with Crippen molar-refractivity contribution in [1.82, 2.24) is 0 Å². The average Bonchev–Trinajstić information content (AvgIpc) is 2.29. The Labute approximate surface area is 92.9 Å². The highest BCUT2D eigenvalue weighted by molar-refractivity contribution is 5.21. The lowest BCUT2D eigenvalue weighted by atomic mass is 9.98. The maximum absolute atomic E-state index is 13.4. The molecule has 1 heterocycles. The summed E-state index contributed by atoms with van der Waals surface area (Å²) < 4.78 is 31.5. The lowest BCUT2D eigenvalue weighted by Gasteiger charge is -2.27. The van der Waals surface area contributed by atoms with Crippen LogP contribution in [0.2, 0.25) is 0 Å². The summed E-state index contributed by atoms with van der Waals surface area (Å²) in [5.41, 5.74) is 0.105. The Balaban J connectivity index is 2.15. The first-order valence-electron chi connectivity index (χ1n) is 5.43. The van der Waals surface area contributed by atoms with Crippen molar-refractivity contribution in [2.45, 2.75) is 31.5 Å². The maximum Gasteiger partial charge on any atom is 0.132 e. The van der Waals surface area contributed by atoms with Gasteiger partial charge in [0, 0.05) is 18.2 Å². The van der Waals surface area contributed by atoms with Crippen LogP contribution in [-0.4, -0.2) is 17.8 Å². The van der Waals surface area contributed by atoms with Crippen LogP contribution in [0.3, 0.4) is 0 Å². The van der Waals surface area contributed by atoms with E-state index in [1.165, 1.54) is 6.07 Å². The number of aliphatic hydroxyl groups is 1. The van der Waals surface area contributed by atoms with Gasteiger partial charge in [-0.1, -0.05) is 6.07 Å². The third-order valence-corrected chi connectivity index (χ3v) is 2.85. The Morgan fingerprint density at radius 3 is 2.75 bits per heavy atom. The Morgan fingerprint density at radius 1 is 1.31 bits per heavy atom. The molecule has 1 aliphatic rings. The van der Waals surface area contributed by atoms with Crippen molar-refractivity contribution in [3.8, 4) is 0 Å². The quantitative estimate of drug-likeness (QED) is 0.843. The van der Waals surface area contributed by atoms with Crippen molar-refractivity contribution in [1.29, 1.82) is 0 Å². The van der Waals surface area contributed by atoms with Crippen molar-refractivity contribution >= 4 is 0 Å². The number of aliphatic hydroxyl groups excluding tert-OH is 1. The molecule has 0 aliphatic carbocycles. The highest BCUT2D eigenvalue weighted by Crippen LogP contribution is 2.28. The summed E-state index contributed by atoms with van der Waals surface area (Å²) in [6.07, 6.45) is 1.24. The molecule has 2 unspecified atom stereocenters. The van der Waals surface area contributed by atoms with Crippen molar-refractivity contribution in [3.05, 3.63) is 35.4 Å². The molecule has 0 spiro atoms. The smallest absolute Gasteiger partial charge is 0.132 e. The molecule has 0 radical (unpaired) electrons. The fourth-order valence-electron chi connectivity index (χ4n) is 1.96. The van der Waals surface area contributed by atoms with E-state index in [9.17, 15) is 13.9 Å². The van der Waals surface area contributed by atoms with Crippen LogP contribution in [-0.2, 0) is 4.74 Å². The second kappa shape index (κ2) is 4.89. The summed E-state index contributed by atoms with van der Waals surface area (Å²) in [5.74, 6) is -1.36. The van der Waals surface area contributed by atoms with E-state index in [4.69, 9.17) is 4.74 Å². The molecule has 2 atom stereocenters. The summed E-state index contributed by atoms with van der Waals surface area (Å²) in [6.45, 7) is 0.588. The Kier molecular flexibility index (Phi) is 3.51. The first kappa shape index (κ1) is 11.5. The van der Waals surface area contributed by atoms with Crippen molar-refractivity contribution < 1.29 is 18.6 Å². The second-order valence-corrected chi connectivity index (χ2v) is 4.02. The van der Waals surface area contributed by atoms with Crippen LogP contribution in [0, 0.1) is 11.6 Å². The standard InChI is InChI=1S/C12H14F2O2/c13-8-4-5-9(10(14)7-8)12(15)11-3-1-2-6-16-11/h4-5,7,11-12,15H,1-3,6H2. The molecular formula is C12H14F2O2. The zero-order chi connectivity index (χ0) is 11.5. The minimum Gasteiger partial charge on any atom is -0.386 e. The van der Waals surface area contributed by atoms with Gasteiger partial charge in [0.05, 0.1) is 6.10 Å². The van der Waals surface area contributed by atoms with E-state index >= 15 is 0 Å². The van der Waals surface area contributed by atoms with E-state index in [1.807, 2.05) is 0 Å². The van der Waals surface area contributed by atoms with Crippen LogP contribution in [0.1, 0.15) is 30.9 Å². The molecule has 0 saturated carbocycles. The molecule has 1 N–H and O–H groups in total. The summed E-state index contributed by atoms with van der Waals surface area (Å²) >= 11 is 0. The number of hydrogen-bond donors (Lipinski definition) is 1. The molecule has 1 aromatic rings. The van der Waals surface area contributed by atoms with Gasteiger partial charge in [-0.2, -0.15) is 0 Å². The van der Waals surface area contributed by atoms with Gasteiger partial charge in [0.15, 0.2) is 0 Å². The SMILES string of the molecule is OC(c1ccc(F)cc1F)C1CCCCO1. The molecule has 0 aromatic heterocycles. The van der Waals surface area contributed by atoms with Gasteiger partial charge in [-0.05, 0) is 25.3 Å². The molecule has 1 aliphatic heterocycles. The van der Waals surface area contributed by atoms with Gasteiger partial charge in [0.25, 0.3) is 0 Å². The lowest BCUT2D eigenvalue weighted by Crippen LogP contribution is -2.26. The molecule has 2 nitrogen and oxygen atoms in total. The minimum absolute atomic E-state index is 0.105.